The molecule has 2 unspecified atom stereocenters. The monoisotopic (exact) mass is 709 g/mol. The van der Waals surface area contributed by atoms with Gasteiger partial charge in [0, 0.05) is 71.1 Å². The normalized spacial score (nSPS) is 21.4. The molecule has 0 bridgehead atoms. The van der Waals surface area contributed by atoms with Crippen molar-refractivity contribution in [3.05, 3.63) is 63.7 Å². The summed E-state index contributed by atoms with van der Waals surface area (Å²) in [5, 5.41) is 10.2. The smallest absolute Gasteiger partial charge is 0.416 e. The topological polar surface area (TPSA) is 65.5 Å². The van der Waals surface area contributed by atoms with E-state index in [-0.39, 0.29) is 66.8 Å². The highest BCUT2D eigenvalue weighted by Crippen LogP contribution is 2.37. The van der Waals surface area contributed by atoms with Crippen LogP contribution in [0.3, 0.4) is 0 Å². The van der Waals surface area contributed by atoms with E-state index in [4.69, 9.17) is 21.1 Å². The van der Waals surface area contributed by atoms with Crippen molar-refractivity contribution in [2.45, 2.75) is 43.4 Å². The third kappa shape index (κ3) is 9.99. The van der Waals surface area contributed by atoms with Gasteiger partial charge in [0.2, 0.25) is 0 Å². The molecule has 2 heterocycles. The number of benzene rings is 2. The highest BCUT2D eigenvalue weighted by molar-refractivity contribution is 6.32. The van der Waals surface area contributed by atoms with Crippen molar-refractivity contribution in [3.63, 3.8) is 0 Å². The Labute approximate surface area is 275 Å². The van der Waals surface area contributed by atoms with E-state index in [1.54, 1.807) is 20.3 Å². The minimum atomic E-state index is -5.08. The molecule has 7 nitrogen and oxygen atoms in total. The fraction of sp³-hybridized carbons (Fsp3) is 0.552. The van der Waals surface area contributed by atoms with E-state index >= 15 is 0 Å². The molecule has 0 radical (unpaired) electrons. The number of phenolic OH excluding ortho intramolecular Hbond substituents is 1. The second-order valence-corrected chi connectivity index (χ2v) is 11.3. The molecule has 2 fully saturated rings. The Bertz CT molecular complexity index is 1250. The molecule has 4 rings (SSSR count). The molecular formula is C29H36Cl3F6N3O4. The van der Waals surface area contributed by atoms with Crippen LogP contribution in [0, 0.1) is 0 Å². The summed E-state index contributed by atoms with van der Waals surface area (Å²) < 4.78 is 91.9. The van der Waals surface area contributed by atoms with E-state index in [1.165, 1.54) is 17.0 Å². The summed E-state index contributed by atoms with van der Waals surface area (Å²) in [6.07, 6.45) is -9.05. The van der Waals surface area contributed by atoms with E-state index < -0.39 is 41.0 Å². The zero-order chi connectivity index (χ0) is 31.5. The molecule has 2 aromatic carbocycles. The molecule has 1 N–H and O–H groups in total. The Kier molecular flexibility index (Phi) is 14.1. The highest BCUT2D eigenvalue weighted by atomic mass is 35.5. The van der Waals surface area contributed by atoms with E-state index in [0.717, 1.165) is 13.0 Å². The van der Waals surface area contributed by atoms with Gasteiger partial charge < -0.3 is 19.5 Å². The summed E-state index contributed by atoms with van der Waals surface area (Å²) in [7, 11) is 3.30. The Balaban J connectivity index is 0.00000353. The number of carbonyl (C=O) groups excluding carboxylic acids is 1. The van der Waals surface area contributed by atoms with Crippen molar-refractivity contribution in [2.75, 3.05) is 60.1 Å². The molecule has 1 amide bonds. The average molecular weight is 711 g/mol. The molecule has 3 atom stereocenters. The predicted molar refractivity (Wildman–Crippen MR) is 162 cm³/mol. The third-order valence-corrected chi connectivity index (χ3v) is 8.35. The number of aromatic hydroxyl groups is 1. The number of halogens is 9. The minimum absolute atomic E-state index is 0. The summed E-state index contributed by atoms with van der Waals surface area (Å²) in [5.74, 6) is -1.11. The van der Waals surface area contributed by atoms with Crippen LogP contribution in [0.5, 0.6) is 5.75 Å². The summed E-state index contributed by atoms with van der Waals surface area (Å²) in [6, 6.07) is 5.07. The van der Waals surface area contributed by atoms with Crippen molar-refractivity contribution in [1.82, 2.24) is 14.7 Å². The number of carbonyl (C=O) groups is 1. The first-order chi connectivity index (χ1) is 20.2. The van der Waals surface area contributed by atoms with Gasteiger partial charge in [0.05, 0.1) is 28.9 Å². The molecule has 0 saturated carbocycles. The van der Waals surface area contributed by atoms with Crippen molar-refractivity contribution >= 4 is 42.3 Å². The van der Waals surface area contributed by atoms with Crippen LogP contribution in [-0.4, -0.2) is 104 Å². The van der Waals surface area contributed by atoms with E-state index in [1.807, 2.05) is 0 Å². The number of hydrogen-bond donors (Lipinski definition) is 1. The Morgan fingerprint density at radius 3 is 2.13 bits per heavy atom. The van der Waals surface area contributed by atoms with Gasteiger partial charge in [0.15, 0.2) is 0 Å². The fourth-order valence-corrected chi connectivity index (χ4v) is 5.90. The van der Waals surface area contributed by atoms with Crippen LogP contribution >= 0.6 is 36.4 Å². The summed E-state index contributed by atoms with van der Waals surface area (Å²) in [4.78, 5) is 19.3. The molecule has 0 aliphatic carbocycles. The lowest BCUT2D eigenvalue weighted by Gasteiger charge is -2.42. The molecule has 2 aliphatic rings. The van der Waals surface area contributed by atoms with Crippen LogP contribution in [0.25, 0.3) is 0 Å². The second-order valence-electron chi connectivity index (χ2n) is 10.9. The lowest BCUT2D eigenvalue weighted by Crippen LogP contribution is -2.57. The van der Waals surface area contributed by atoms with Crippen LogP contribution in [0.1, 0.15) is 33.5 Å². The van der Waals surface area contributed by atoms with Crippen molar-refractivity contribution < 1.29 is 45.7 Å². The quantitative estimate of drug-likeness (QED) is 0.321. The van der Waals surface area contributed by atoms with Crippen molar-refractivity contribution in [2.24, 2.45) is 0 Å². The number of amides is 1. The van der Waals surface area contributed by atoms with Crippen LogP contribution in [0.15, 0.2) is 36.4 Å². The number of ether oxygens (including phenoxy) is 2. The van der Waals surface area contributed by atoms with Gasteiger partial charge in [0.25, 0.3) is 5.91 Å². The first-order valence-electron chi connectivity index (χ1n) is 13.8. The second kappa shape index (κ2) is 16.2. The maximum absolute atomic E-state index is 13.6. The maximum atomic E-state index is 13.6. The van der Waals surface area contributed by atoms with Crippen LogP contribution in [-0.2, 0) is 28.2 Å². The summed E-state index contributed by atoms with van der Waals surface area (Å²) >= 11 is 5.94. The SMILES string of the molecule is COCC1CC(OC)CN1CCN1CCN(C(=O)c2cc(C(F)(F)F)cc(C(F)(F)F)c2)[C@H](Cc2ccc(Cl)c(O)c2)C1.Cl.Cl. The first-order valence-corrected chi connectivity index (χ1v) is 14.1. The van der Waals surface area contributed by atoms with Gasteiger partial charge >= 0.3 is 12.4 Å². The van der Waals surface area contributed by atoms with E-state index in [2.05, 4.69) is 9.80 Å². The fourth-order valence-electron chi connectivity index (χ4n) is 5.78. The number of methoxy groups -OCH3 is 2. The lowest BCUT2D eigenvalue weighted by atomic mass is 9.99. The maximum Gasteiger partial charge on any atom is 0.416 e. The van der Waals surface area contributed by atoms with Crippen LogP contribution in [0.2, 0.25) is 5.02 Å². The molecular weight excluding hydrogens is 675 g/mol. The molecule has 0 spiro atoms. The largest absolute Gasteiger partial charge is 0.506 e. The van der Waals surface area contributed by atoms with Gasteiger partial charge in [-0.15, -0.1) is 24.8 Å². The summed E-state index contributed by atoms with van der Waals surface area (Å²) in [5.41, 5.74) is -3.18. The number of nitrogens with zero attached hydrogens (tertiary/aromatic N) is 3. The molecule has 16 heteroatoms. The van der Waals surface area contributed by atoms with Gasteiger partial charge in [-0.05, 0) is 48.7 Å². The van der Waals surface area contributed by atoms with Gasteiger partial charge in [-0.2, -0.15) is 26.3 Å². The number of hydrogen-bond acceptors (Lipinski definition) is 6. The molecule has 254 valence electrons. The van der Waals surface area contributed by atoms with Gasteiger partial charge in [0.1, 0.15) is 5.75 Å². The molecule has 2 saturated heterocycles. The highest BCUT2D eigenvalue weighted by Gasteiger charge is 2.39. The Morgan fingerprint density at radius 2 is 1.58 bits per heavy atom. The molecule has 2 aromatic rings. The van der Waals surface area contributed by atoms with Crippen LogP contribution < -0.4 is 0 Å². The number of phenols is 1. The van der Waals surface area contributed by atoms with Gasteiger partial charge in [-0.3, -0.25) is 14.6 Å². The lowest BCUT2D eigenvalue weighted by molar-refractivity contribution is -0.143. The van der Waals surface area contributed by atoms with Crippen LogP contribution in [0.4, 0.5) is 26.3 Å². The summed E-state index contributed by atoms with van der Waals surface area (Å²) in [6.45, 7) is 3.34. The molecule has 0 aromatic heterocycles. The van der Waals surface area contributed by atoms with Crippen molar-refractivity contribution in [3.8, 4) is 5.75 Å². The zero-order valence-corrected chi connectivity index (χ0v) is 26.9. The number of likely N-dealkylation sites (tertiary alicyclic amines) is 1. The molecule has 2 aliphatic heterocycles. The third-order valence-electron chi connectivity index (χ3n) is 8.03. The van der Waals surface area contributed by atoms with Gasteiger partial charge in [-0.1, -0.05) is 17.7 Å². The Hall–Kier alpha value is -2.00. The zero-order valence-electron chi connectivity index (χ0n) is 24.5. The first kappa shape index (κ1) is 39.2. The predicted octanol–water partition coefficient (Wildman–Crippen LogP) is 6.03. The van der Waals surface area contributed by atoms with E-state index in [0.29, 0.717) is 50.5 Å². The average Bonchev–Trinajstić information content (AvgIpc) is 3.34. The number of rotatable bonds is 9. The standard InChI is InChI=1S/C29H34ClF6N3O4.2ClH/c1-42-17-23-14-24(43-2)16-38(23)7-5-37-6-8-39(22(15-37)9-18-3-4-25(30)26(40)10-18)27(41)19-11-20(28(31,32)33)13-21(12-19)29(34,35)36;;/h3-4,10-13,22-24,40H,5-9,14-17H2,1-2H3;2*1H/t22-,23?,24?;;/m1../s1. The van der Waals surface area contributed by atoms with E-state index in [9.17, 15) is 36.2 Å². The Morgan fingerprint density at radius 1 is 0.933 bits per heavy atom. The molecule has 45 heavy (non-hydrogen) atoms. The van der Waals surface area contributed by atoms with Crippen molar-refractivity contribution in [1.29, 1.82) is 0 Å². The number of alkyl halides is 6. The number of piperazine rings is 1. The van der Waals surface area contributed by atoms with Gasteiger partial charge in [-0.25, -0.2) is 0 Å². The minimum Gasteiger partial charge on any atom is -0.506 e.